The number of carbonyl (C=O) groups excluding carboxylic acids is 2. The molecule has 0 radical (unpaired) electrons. The van der Waals surface area contributed by atoms with Gasteiger partial charge in [0.1, 0.15) is 0 Å². The van der Waals surface area contributed by atoms with E-state index in [1.165, 1.54) is 24.3 Å². The van der Waals surface area contributed by atoms with Crippen molar-refractivity contribution in [2.24, 2.45) is 10.2 Å². The lowest BCUT2D eigenvalue weighted by molar-refractivity contribution is -0.385. The van der Waals surface area contributed by atoms with E-state index in [1.54, 1.807) is 38.1 Å². The second-order valence-electron chi connectivity index (χ2n) is 7.63. The summed E-state index contributed by atoms with van der Waals surface area (Å²) in [4.78, 5) is 44.3. The van der Waals surface area contributed by atoms with Crippen molar-refractivity contribution in [1.82, 2.24) is 10.9 Å². The van der Waals surface area contributed by atoms with Crippen LogP contribution in [0.3, 0.4) is 0 Å². The number of hydrogen-bond acceptors (Lipinski definition) is 8. The van der Waals surface area contributed by atoms with E-state index in [-0.39, 0.29) is 36.0 Å². The Bertz CT molecular complexity index is 1040. The molecule has 2 rings (SSSR count). The minimum Gasteiger partial charge on any atom is -0.273 e. The Kier molecular flexibility index (Phi) is 10.2. The number of rotatable bonds is 12. The predicted molar refractivity (Wildman–Crippen MR) is 130 cm³/mol. The molecule has 0 heterocycles. The average Bonchev–Trinajstić information content (AvgIpc) is 2.85. The number of unbranched alkanes of at least 4 members (excludes halogenated alkanes) is 2. The van der Waals surface area contributed by atoms with Gasteiger partial charge in [-0.2, -0.15) is 10.2 Å². The number of benzene rings is 2. The van der Waals surface area contributed by atoms with Gasteiger partial charge in [0.2, 0.25) is 11.8 Å². The highest BCUT2D eigenvalue weighted by Gasteiger charge is 2.08. The molecule has 0 saturated heterocycles. The van der Waals surface area contributed by atoms with Crippen LogP contribution in [0, 0.1) is 20.2 Å². The van der Waals surface area contributed by atoms with Gasteiger partial charge in [-0.25, -0.2) is 10.9 Å². The van der Waals surface area contributed by atoms with Crippen LogP contribution in [0.25, 0.3) is 0 Å². The van der Waals surface area contributed by atoms with Crippen LogP contribution >= 0.6 is 0 Å². The maximum Gasteiger partial charge on any atom is 0.269 e. The van der Waals surface area contributed by atoms with Gasteiger partial charge in [-0.05, 0) is 62.1 Å². The molecule has 0 aliphatic rings. The van der Waals surface area contributed by atoms with Crippen LogP contribution in [-0.4, -0.2) is 33.1 Å². The van der Waals surface area contributed by atoms with E-state index in [1.807, 2.05) is 0 Å². The van der Waals surface area contributed by atoms with Gasteiger partial charge in [0.05, 0.1) is 21.3 Å². The summed E-state index contributed by atoms with van der Waals surface area (Å²) in [5, 5.41) is 29.4. The summed E-state index contributed by atoms with van der Waals surface area (Å²) < 4.78 is 0. The molecular formula is C23H26N6O6. The van der Waals surface area contributed by atoms with Gasteiger partial charge >= 0.3 is 0 Å². The van der Waals surface area contributed by atoms with Gasteiger partial charge in [0.15, 0.2) is 0 Å². The smallest absolute Gasteiger partial charge is 0.269 e. The molecule has 0 unspecified atom stereocenters. The second-order valence-corrected chi connectivity index (χ2v) is 7.63. The molecule has 2 aromatic rings. The summed E-state index contributed by atoms with van der Waals surface area (Å²) in [5.74, 6) is -0.530. The summed E-state index contributed by atoms with van der Waals surface area (Å²) in [5.41, 5.74) is 7.23. The number of hydrazone groups is 2. The molecular weight excluding hydrogens is 456 g/mol. The molecule has 0 fully saturated rings. The summed E-state index contributed by atoms with van der Waals surface area (Å²) in [6.45, 7) is 3.37. The zero-order valence-electron chi connectivity index (χ0n) is 19.4. The van der Waals surface area contributed by atoms with E-state index in [2.05, 4.69) is 21.1 Å². The van der Waals surface area contributed by atoms with E-state index in [0.717, 1.165) is 0 Å². The van der Waals surface area contributed by atoms with Crippen molar-refractivity contribution in [1.29, 1.82) is 0 Å². The first-order valence-electron chi connectivity index (χ1n) is 10.8. The number of hydrogen-bond donors (Lipinski definition) is 2. The number of nitro benzene ring substituents is 2. The molecule has 0 aliphatic carbocycles. The average molecular weight is 482 g/mol. The van der Waals surface area contributed by atoms with Gasteiger partial charge in [-0.1, -0.05) is 6.42 Å². The van der Waals surface area contributed by atoms with E-state index in [0.29, 0.717) is 41.8 Å². The first kappa shape index (κ1) is 26.8. The number of nitrogens with zero attached hydrogens (tertiary/aromatic N) is 4. The Balaban J connectivity index is 1.65. The lowest BCUT2D eigenvalue weighted by Crippen LogP contribution is -2.19. The summed E-state index contributed by atoms with van der Waals surface area (Å²) in [7, 11) is 0. The molecule has 0 aromatic heterocycles. The Morgan fingerprint density at radius 2 is 1.03 bits per heavy atom. The third-order valence-corrected chi connectivity index (χ3v) is 5.00. The molecule has 35 heavy (non-hydrogen) atoms. The fourth-order valence-corrected chi connectivity index (χ4v) is 2.93. The maximum absolute atomic E-state index is 11.9. The highest BCUT2D eigenvalue weighted by Crippen LogP contribution is 2.13. The van der Waals surface area contributed by atoms with E-state index >= 15 is 0 Å². The monoisotopic (exact) mass is 482 g/mol. The fraction of sp³-hybridized carbons (Fsp3) is 0.304. The van der Waals surface area contributed by atoms with Crippen LogP contribution in [0.1, 0.15) is 57.1 Å². The van der Waals surface area contributed by atoms with Gasteiger partial charge in [0, 0.05) is 37.1 Å². The molecule has 12 heteroatoms. The largest absolute Gasteiger partial charge is 0.273 e. The number of carbonyl (C=O) groups is 2. The minimum absolute atomic E-state index is 0.0225. The molecule has 184 valence electrons. The normalized spacial score (nSPS) is 11.6. The second kappa shape index (κ2) is 13.3. The highest BCUT2D eigenvalue weighted by molar-refractivity contribution is 6.00. The quantitative estimate of drug-likeness (QED) is 0.201. The molecule has 12 nitrogen and oxygen atoms in total. The number of non-ortho nitro benzene ring substituents is 2. The first-order chi connectivity index (χ1) is 16.7. The van der Waals surface area contributed by atoms with Gasteiger partial charge in [-0.3, -0.25) is 29.8 Å². The molecule has 2 aromatic carbocycles. The van der Waals surface area contributed by atoms with Crippen molar-refractivity contribution >= 4 is 34.6 Å². The lowest BCUT2D eigenvalue weighted by Gasteiger charge is -2.04. The van der Waals surface area contributed by atoms with Crippen LogP contribution in [0.15, 0.2) is 58.7 Å². The van der Waals surface area contributed by atoms with Crippen LogP contribution in [0.4, 0.5) is 11.4 Å². The van der Waals surface area contributed by atoms with Crippen LogP contribution in [-0.2, 0) is 9.59 Å². The third kappa shape index (κ3) is 9.12. The fourth-order valence-electron chi connectivity index (χ4n) is 2.93. The third-order valence-electron chi connectivity index (χ3n) is 5.00. The van der Waals surface area contributed by atoms with Crippen molar-refractivity contribution in [3.05, 3.63) is 79.9 Å². The van der Waals surface area contributed by atoms with Crippen molar-refractivity contribution in [3.8, 4) is 0 Å². The van der Waals surface area contributed by atoms with Crippen LogP contribution < -0.4 is 10.9 Å². The SMILES string of the molecule is CC(=NNC(=O)CCCCCC(=O)NN=C(C)c1ccc([N+](=O)[O-])cc1)c1ccc([N+](=O)[O-])cc1. The zero-order valence-corrected chi connectivity index (χ0v) is 19.4. The molecule has 0 bridgehead atoms. The minimum atomic E-state index is -0.488. The van der Waals surface area contributed by atoms with E-state index < -0.39 is 9.85 Å². The Labute approximate surface area is 201 Å². The van der Waals surface area contributed by atoms with Crippen LogP contribution in [0.2, 0.25) is 0 Å². The summed E-state index contributed by atoms with van der Waals surface area (Å²) in [6.07, 6.45) is 2.32. The van der Waals surface area contributed by atoms with Gasteiger partial charge in [-0.15, -0.1) is 0 Å². The zero-order chi connectivity index (χ0) is 25.8. The molecule has 0 saturated carbocycles. The molecule has 2 N–H and O–H groups in total. The summed E-state index contributed by atoms with van der Waals surface area (Å²) in [6, 6.07) is 11.7. The Hall–Kier alpha value is -4.48. The van der Waals surface area contributed by atoms with E-state index in [4.69, 9.17) is 0 Å². The van der Waals surface area contributed by atoms with Crippen molar-refractivity contribution in [2.75, 3.05) is 0 Å². The Morgan fingerprint density at radius 3 is 1.34 bits per heavy atom. The molecule has 0 spiro atoms. The van der Waals surface area contributed by atoms with Crippen molar-refractivity contribution in [3.63, 3.8) is 0 Å². The summed E-state index contributed by atoms with van der Waals surface area (Å²) >= 11 is 0. The molecule has 0 aliphatic heterocycles. The van der Waals surface area contributed by atoms with Crippen molar-refractivity contribution < 1.29 is 19.4 Å². The standard InChI is InChI=1S/C23H26N6O6/c1-16(18-8-12-20(13-9-18)28(32)33)24-26-22(30)6-4-3-5-7-23(31)27-25-17(2)19-10-14-21(15-11-19)29(34)35/h8-15H,3-7H2,1-2H3,(H,26,30)(H,27,31). The van der Waals surface area contributed by atoms with Gasteiger partial charge in [0.25, 0.3) is 11.4 Å². The maximum atomic E-state index is 11.9. The molecule has 0 atom stereocenters. The topological polar surface area (TPSA) is 169 Å². The highest BCUT2D eigenvalue weighted by atomic mass is 16.6. The number of amides is 2. The van der Waals surface area contributed by atoms with E-state index in [9.17, 15) is 29.8 Å². The van der Waals surface area contributed by atoms with Crippen molar-refractivity contribution in [2.45, 2.75) is 46.0 Å². The number of nitrogens with one attached hydrogen (secondary N) is 2. The first-order valence-corrected chi connectivity index (χ1v) is 10.8. The molecule has 2 amide bonds. The van der Waals surface area contributed by atoms with Gasteiger partial charge < -0.3 is 0 Å². The number of nitro groups is 2. The Morgan fingerprint density at radius 1 is 0.686 bits per heavy atom. The predicted octanol–water partition coefficient (Wildman–Crippen LogP) is 3.83. The lowest BCUT2D eigenvalue weighted by atomic mass is 10.1. The van der Waals surface area contributed by atoms with Crippen LogP contribution in [0.5, 0.6) is 0 Å².